The fourth-order valence-electron chi connectivity index (χ4n) is 3.90. The number of aliphatic hydroxyl groups is 1. The molecule has 1 atom stereocenters. The third-order valence-corrected chi connectivity index (χ3v) is 5.46. The quantitative estimate of drug-likeness (QED) is 0.586. The van der Waals surface area contributed by atoms with Gasteiger partial charge in [0.15, 0.2) is 22.9 Å². The van der Waals surface area contributed by atoms with Crippen molar-refractivity contribution in [2.45, 2.75) is 25.5 Å². The van der Waals surface area contributed by atoms with E-state index in [1.54, 1.807) is 69.7 Å². The van der Waals surface area contributed by atoms with Gasteiger partial charge in [0.2, 0.25) is 5.78 Å². The third-order valence-electron chi connectivity index (χ3n) is 5.46. The largest absolute Gasteiger partial charge is 0.493 e. The highest BCUT2D eigenvalue weighted by atomic mass is 16.5. The highest BCUT2D eigenvalue weighted by Gasteiger charge is 2.51. The second-order valence-corrected chi connectivity index (χ2v) is 7.47. The van der Waals surface area contributed by atoms with E-state index in [1.807, 2.05) is 6.07 Å². The van der Waals surface area contributed by atoms with Crippen LogP contribution in [0.5, 0.6) is 11.5 Å². The number of ketones is 1. The fourth-order valence-corrected chi connectivity index (χ4v) is 3.90. The zero-order valence-electron chi connectivity index (χ0n) is 17.5. The average molecular weight is 421 g/mol. The molecule has 7 nitrogen and oxygen atoms in total. The predicted molar refractivity (Wildman–Crippen MR) is 113 cm³/mol. The Morgan fingerprint density at radius 2 is 1.81 bits per heavy atom. The number of anilines is 1. The van der Waals surface area contributed by atoms with Crippen LogP contribution in [0, 0.1) is 6.92 Å². The van der Waals surface area contributed by atoms with Gasteiger partial charge in [-0.15, -0.1) is 0 Å². The Balaban J connectivity index is 1.67. The molecule has 3 aromatic rings. The Hall–Kier alpha value is -3.58. The Labute approximate surface area is 179 Å². The minimum atomic E-state index is -1.97. The van der Waals surface area contributed by atoms with Crippen molar-refractivity contribution in [1.82, 2.24) is 0 Å². The highest BCUT2D eigenvalue weighted by molar-refractivity contribution is 6.10. The number of hydrogen-bond acceptors (Lipinski definition) is 6. The molecule has 2 heterocycles. The zero-order chi connectivity index (χ0) is 22.2. The van der Waals surface area contributed by atoms with Crippen molar-refractivity contribution in [2.75, 3.05) is 19.1 Å². The van der Waals surface area contributed by atoms with Crippen LogP contribution in [-0.2, 0) is 16.9 Å². The predicted octanol–water partition coefficient (Wildman–Crippen LogP) is 3.61. The molecule has 0 saturated carbocycles. The molecule has 1 N–H and O–H groups in total. The van der Waals surface area contributed by atoms with Crippen molar-refractivity contribution < 1.29 is 28.6 Å². The number of benzene rings is 2. The van der Waals surface area contributed by atoms with Crippen molar-refractivity contribution in [3.63, 3.8) is 0 Å². The Bertz CT molecular complexity index is 1150. The lowest BCUT2D eigenvalue weighted by molar-refractivity contribution is -0.136. The maximum Gasteiger partial charge on any atom is 0.264 e. The lowest BCUT2D eigenvalue weighted by Crippen LogP contribution is -2.41. The molecule has 0 saturated heterocycles. The average Bonchev–Trinajstić information content (AvgIpc) is 3.30. The molecule has 31 heavy (non-hydrogen) atoms. The van der Waals surface area contributed by atoms with E-state index in [4.69, 9.17) is 13.9 Å². The number of carbonyl (C=O) groups is 2. The van der Waals surface area contributed by atoms with Gasteiger partial charge in [-0.1, -0.05) is 24.3 Å². The molecule has 1 aliphatic rings. The summed E-state index contributed by atoms with van der Waals surface area (Å²) >= 11 is 0. The second kappa shape index (κ2) is 7.92. The van der Waals surface area contributed by atoms with E-state index in [2.05, 4.69) is 0 Å². The van der Waals surface area contributed by atoms with E-state index in [0.29, 0.717) is 28.5 Å². The van der Waals surface area contributed by atoms with E-state index in [-0.39, 0.29) is 12.3 Å². The molecule has 0 aliphatic carbocycles. The minimum absolute atomic E-state index is 0.120. The van der Waals surface area contributed by atoms with Gasteiger partial charge < -0.3 is 23.9 Å². The molecule has 0 bridgehead atoms. The second-order valence-electron chi connectivity index (χ2n) is 7.47. The van der Waals surface area contributed by atoms with Gasteiger partial charge in [-0.3, -0.25) is 9.59 Å². The molecule has 0 spiro atoms. The van der Waals surface area contributed by atoms with Crippen molar-refractivity contribution >= 4 is 17.4 Å². The molecule has 160 valence electrons. The summed E-state index contributed by atoms with van der Waals surface area (Å²) in [5.74, 6) is 0.832. The summed E-state index contributed by atoms with van der Waals surface area (Å²) in [4.78, 5) is 27.6. The van der Waals surface area contributed by atoms with Crippen LogP contribution in [-0.4, -0.2) is 31.0 Å². The number of fused-ring (bicyclic) bond motifs is 1. The van der Waals surface area contributed by atoms with E-state index < -0.39 is 23.7 Å². The summed E-state index contributed by atoms with van der Waals surface area (Å²) in [6, 6.07) is 15.5. The number of para-hydroxylation sites is 1. The molecular weight excluding hydrogens is 398 g/mol. The fraction of sp³-hybridized carbons (Fsp3) is 0.250. The van der Waals surface area contributed by atoms with Crippen LogP contribution in [0.2, 0.25) is 0 Å². The lowest BCUT2D eigenvalue weighted by atomic mass is 9.89. The molecule has 1 aromatic heterocycles. The number of Topliss-reactive ketones (excluding diaryl/α,β-unsaturated/α-hetero) is 1. The number of ether oxygens (including phenoxy) is 2. The van der Waals surface area contributed by atoms with Gasteiger partial charge in [0.1, 0.15) is 5.76 Å². The molecule has 4 rings (SSSR count). The molecule has 0 radical (unpaired) electrons. The van der Waals surface area contributed by atoms with Crippen molar-refractivity contribution in [1.29, 1.82) is 0 Å². The molecule has 1 amide bonds. The monoisotopic (exact) mass is 421 g/mol. The SMILES string of the molecule is COc1ccc(CN2C(=O)C(O)(CC(=O)c3ccc(C)o3)c3ccccc32)cc1OC. The molecule has 1 aliphatic heterocycles. The third kappa shape index (κ3) is 3.57. The summed E-state index contributed by atoms with van der Waals surface area (Å²) in [5, 5.41) is 11.4. The Morgan fingerprint density at radius 1 is 1.06 bits per heavy atom. The van der Waals surface area contributed by atoms with Crippen LogP contribution in [0.3, 0.4) is 0 Å². The van der Waals surface area contributed by atoms with Crippen molar-refractivity contribution in [3.05, 3.63) is 77.2 Å². The number of carbonyl (C=O) groups excluding carboxylic acids is 2. The first-order valence-electron chi connectivity index (χ1n) is 9.82. The van der Waals surface area contributed by atoms with Crippen LogP contribution in [0.15, 0.2) is 59.0 Å². The van der Waals surface area contributed by atoms with Crippen LogP contribution in [0.4, 0.5) is 5.69 Å². The van der Waals surface area contributed by atoms with Gasteiger partial charge in [-0.2, -0.15) is 0 Å². The molecule has 2 aromatic carbocycles. The summed E-state index contributed by atoms with van der Waals surface area (Å²) in [6.45, 7) is 1.93. The number of amides is 1. The van der Waals surface area contributed by atoms with E-state index in [9.17, 15) is 14.7 Å². The standard InChI is InChI=1S/C24H23NO6/c1-15-8-10-20(31-15)19(26)13-24(28)17-6-4-5-7-18(17)25(23(24)27)14-16-9-11-21(29-2)22(12-16)30-3/h4-12,28H,13-14H2,1-3H3. The smallest absolute Gasteiger partial charge is 0.264 e. The zero-order valence-corrected chi connectivity index (χ0v) is 17.5. The molecular formula is C24H23NO6. The summed E-state index contributed by atoms with van der Waals surface area (Å²) < 4.78 is 16.0. The minimum Gasteiger partial charge on any atom is -0.493 e. The van der Waals surface area contributed by atoms with Gasteiger partial charge in [-0.25, -0.2) is 0 Å². The summed E-state index contributed by atoms with van der Waals surface area (Å²) in [7, 11) is 3.09. The maximum atomic E-state index is 13.4. The number of methoxy groups -OCH3 is 2. The summed E-state index contributed by atoms with van der Waals surface area (Å²) in [5.41, 5.74) is -0.214. The lowest BCUT2D eigenvalue weighted by Gasteiger charge is -2.22. The first-order valence-corrected chi connectivity index (χ1v) is 9.82. The van der Waals surface area contributed by atoms with Gasteiger partial charge in [-0.05, 0) is 42.8 Å². The highest BCUT2D eigenvalue weighted by Crippen LogP contribution is 2.44. The molecule has 7 heteroatoms. The van der Waals surface area contributed by atoms with E-state index in [1.165, 1.54) is 4.90 Å². The Kier molecular flexibility index (Phi) is 5.29. The maximum absolute atomic E-state index is 13.4. The topological polar surface area (TPSA) is 89.2 Å². The molecule has 1 unspecified atom stereocenters. The van der Waals surface area contributed by atoms with Gasteiger partial charge >= 0.3 is 0 Å². The van der Waals surface area contributed by atoms with Crippen LogP contribution in [0.25, 0.3) is 0 Å². The number of hydrogen-bond donors (Lipinski definition) is 1. The van der Waals surface area contributed by atoms with Gasteiger partial charge in [0, 0.05) is 5.56 Å². The first kappa shape index (κ1) is 20.7. The van der Waals surface area contributed by atoms with E-state index in [0.717, 1.165) is 5.56 Å². The van der Waals surface area contributed by atoms with Gasteiger partial charge in [0.25, 0.3) is 5.91 Å². The van der Waals surface area contributed by atoms with Crippen LogP contribution >= 0.6 is 0 Å². The normalized spacial score (nSPS) is 17.5. The number of rotatable bonds is 7. The van der Waals surface area contributed by atoms with Crippen LogP contribution < -0.4 is 14.4 Å². The van der Waals surface area contributed by atoms with Gasteiger partial charge in [0.05, 0.1) is 32.9 Å². The summed E-state index contributed by atoms with van der Waals surface area (Å²) in [6.07, 6.45) is -0.405. The number of nitrogens with zero attached hydrogens (tertiary/aromatic N) is 1. The Morgan fingerprint density at radius 3 is 2.48 bits per heavy atom. The number of aryl methyl sites for hydroxylation is 1. The van der Waals surface area contributed by atoms with Crippen molar-refractivity contribution in [2.24, 2.45) is 0 Å². The first-order chi connectivity index (χ1) is 14.9. The van der Waals surface area contributed by atoms with E-state index >= 15 is 0 Å². The number of furan rings is 1. The van der Waals surface area contributed by atoms with Crippen LogP contribution in [0.1, 0.15) is 33.9 Å². The van der Waals surface area contributed by atoms with Crippen molar-refractivity contribution in [3.8, 4) is 11.5 Å². The molecule has 0 fully saturated rings.